The highest BCUT2D eigenvalue weighted by Crippen LogP contribution is 2.29. The molecule has 22 heavy (non-hydrogen) atoms. The van der Waals surface area contributed by atoms with Crippen molar-refractivity contribution >= 4 is 11.8 Å². The molecule has 0 heterocycles. The van der Waals surface area contributed by atoms with Crippen LogP contribution < -0.4 is 5.32 Å². The lowest BCUT2D eigenvalue weighted by Gasteiger charge is -2.27. The molecule has 4 nitrogen and oxygen atoms in total. The van der Waals surface area contributed by atoms with Crippen molar-refractivity contribution in [3.05, 3.63) is 29.8 Å². The zero-order chi connectivity index (χ0) is 16.2. The predicted molar refractivity (Wildman–Crippen MR) is 90.0 cm³/mol. The number of hydrogen-bond donors (Lipinski definition) is 1. The number of anilines is 1. The molecule has 0 saturated heterocycles. The van der Waals surface area contributed by atoms with Gasteiger partial charge in [0.1, 0.15) is 5.60 Å². The van der Waals surface area contributed by atoms with Gasteiger partial charge >= 0.3 is 6.09 Å². The molecule has 0 unspecified atom stereocenters. The van der Waals surface area contributed by atoms with Gasteiger partial charge in [0, 0.05) is 18.8 Å². The van der Waals surface area contributed by atoms with Gasteiger partial charge in [-0.1, -0.05) is 18.2 Å². The molecule has 1 amide bonds. The number of nitrogens with zero attached hydrogens (tertiary/aromatic N) is 1. The summed E-state index contributed by atoms with van der Waals surface area (Å²) in [6.45, 7) is 9.88. The van der Waals surface area contributed by atoms with Crippen LogP contribution in [0, 0.1) is 5.92 Å². The molecular formula is C18H28N2O2. The van der Waals surface area contributed by atoms with Gasteiger partial charge in [-0.05, 0) is 58.1 Å². The van der Waals surface area contributed by atoms with Crippen molar-refractivity contribution in [3.8, 4) is 0 Å². The van der Waals surface area contributed by atoms with E-state index in [2.05, 4.69) is 17.4 Å². The van der Waals surface area contributed by atoms with Crippen LogP contribution in [0.1, 0.15) is 46.1 Å². The summed E-state index contributed by atoms with van der Waals surface area (Å²) in [6, 6.07) is 8.20. The summed E-state index contributed by atoms with van der Waals surface area (Å²) >= 11 is 0. The fraction of sp³-hybridized carbons (Fsp3) is 0.611. The SMILES string of the molecule is CCN(Cc1ccccc1NCC1CC1)C(=O)OC(C)(C)C. The van der Waals surface area contributed by atoms with E-state index >= 15 is 0 Å². The normalized spacial score (nSPS) is 14.5. The van der Waals surface area contributed by atoms with Crippen LogP contribution in [0.4, 0.5) is 10.5 Å². The zero-order valence-corrected chi connectivity index (χ0v) is 14.2. The highest BCUT2D eigenvalue weighted by Gasteiger charge is 2.23. The molecule has 0 bridgehead atoms. The predicted octanol–water partition coefficient (Wildman–Crippen LogP) is 4.27. The summed E-state index contributed by atoms with van der Waals surface area (Å²) in [5, 5.41) is 3.51. The third-order valence-corrected chi connectivity index (χ3v) is 3.69. The van der Waals surface area contributed by atoms with Gasteiger partial charge in [-0.25, -0.2) is 4.79 Å². The number of amides is 1. The van der Waals surface area contributed by atoms with E-state index in [1.165, 1.54) is 12.8 Å². The first-order valence-corrected chi connectivity index (χ1v) is 8.18. The topological polar surface area (TPSA) is 41.6 Å². The molecule has 4 heteroatoms. The molecule has 1 aromatic carbocycles. The molecule has 1 saturated carbocycles. The van der Waals surface area contributed by atoms with E-state index < -0.39 is 5.60 Å². The number of carbonyl (C=O) groups is 1. The van der Waals surface area contributed by atoms with Crippen LogP contribution in [0.25, 0.3) is 0 Å². The van der Waals surface area contributed by atoms with Crippen LogP contribution in [0.5, 0.6) is 0 Å². The molecule has 1 aliphatic rings. The number of nitrogens with one attached hydrogen (secondary N) is 1. The number of carbonyl (C=O) groups excluding carboxylic acids is 1. The standard InChI is InChI=1S/C18H28N2O2/c1-5-20(17(21)22-18(2,3)4)13-15-8-6-7-9-16(15)19-12-14-10-11-14/h6-9,14,19H,5,10-13H2,1-4H3. The van der Waals surface area contributed by atoms with Gasteiger partial charge < -0.3 is 15.0 Å². The van der Waals surface area contributed by atoms with Crippen molar-refractivity contribution in [1.29, 1.82) is 0 Å². The average molecular weight is 304 g/mol. The first-order chi connectivity index (χ1) is 10.4. The number of hydrogen-bond acceptors (Lipinski definition) is 3. The molecule has 1 N–H and O–H groups in total. The van der Waals surface area contributed by atoms with E-state index in [-0.39, 0.29) is 6.09 Å². The summed E-state index contributed by atoms with van der Waals surface area (Å²) < 4.78 is 5.48. The first-order valence-electron chi connectivity index (χ1n) is 8.18. The lowest BCUT2D eigenvalue weighted by atomic mass is 10.1. The highest BCUT2D eigenvalue weighted by molar-refractivity contribution is 5.68. The van der Waals surface area contributed by atoms with Crippen LogP contribution in [0.3, 0.4) is 0 Å². The van der Waals surface area contributed by atoms with E-state index in [4.69, 9.17) is 4.74 Å². The Morgan fingerprint density at radius 3 is 2.59 bits per heavy atom. The Kier molecular flexibility index (Phi) is 5.33. The van der Waals surface area contributed by atoms with Gasteiger partial charge in [0.2, 0.25) is 0 Å². The second-order valence-corrected chi connectivity index (χ2v) is 6.98. The van der Waals surface area contributed by atoms with E-state index in [1.54, 1.807) is 4.90 Å². The van der Waals surface area contributed by atoms with Gasteiger partial charge in [0.05, 0.1) is 6.54 Å². The minimum atomic E-state index is -0.464. The van der Waals surface area contributed by atoms with Gasteiger partial charge in [0.15, 0.2) is 0 Å². The Morgan fingerprint density at radius 2 is 2.00 bits per heavy atom. The molecule has 0 radical (unpaired) electrons. The van der Waals surface area contributed by atoms with Gasteiger partial charge in [-0.3, -0.25) is 0 Å². The summed E-state index contributed by atoms with van der Waals surface area (Å²) in [7, 11) is 0. The third-order valence-electron chi connectivity index (χ3n) is 3.69. The molecule has 0 aliphatic heterocycles. The number of para-hydroxylation sites is 1. The van der Waals surface area contributed by atoms with Crippen molar-refractivity contribution < 1.29 is 9.53 Å². The number of ether oxygens (including phenoxy) is 1. The van der Waals surface area contributed by atoms with E-state index in [1.807, 2.05) is 39.8 Å². The average Bonchev–Trinajstić information content (AvgIpc) is 3.25. The van der Waals surface area contributed by atoms with Crippen LogP contribution in [0.15, 0.2) is 24.3 Å². The van der Waals surface area contributed by atoms with Crippen molar-refractivity contribution in [2.75, 3.05) is 18.4 Å². The molecule has 1 fully saturated rings. The second kappa shape index (κ2) is 7.03. The van der Waals surface area contributed by atoms with Gasteiger partial charge in [0.25, 0.3) is 0 Å². The van der Waals surface area contributed by atoms with Crippen LogP contribution in [-0.4, -0.2) is 29.7 Å². The van der Waals surface area contributed by atoms with E-state index in [0.29, 0.717) is 13.1 Å². The maximum atomic E-state index is 12.3. The van der Waals surface area contributed by atoms with Crippen LogP contribution in [0.2, 0.25) is 0 Å². The Hall–Kier alpha value is -1.71. The monoisotopic (exact) mass is 304 g/mol. The van der Waals surface area contributed by atoms with Crippen molar-refractivity contribution in [1.82, 2.24) is 4.90 Å². The van der Waals surface area contributed by atoms with Crippen LogP contribution >= 0.6 is 0 Å². The van der Waals surface area contributed by atoms with Crippen molar-refractivity contribution in [2.24, 2.45) is 5.92 Å². The number of benzene rings is 1. The van der Waals surface area contributed by atoms with E-state index in [0.717, 1.165) is 23.7 Å². The van der Waals surface area contributed by atoms with Crippen molar-refractivity contribution in [2.45, 2.75) is 52.7 Å². The summed E-state index contributed by atoms with van der Waals surface area (Å²) in [5.74, 6) is 0.821. The zero-order valence-electron chi connectivity index (χ0n) is 14.2. The molecule has 0 aromatic heterocycles. The maximum absolute atomic E-state index is 12.3. The first kappa shape index (κ1) is 16.7. The lowest BCUT2D eigenvalue weighted by Crippen LogP contribution is -2.36. The minimum Gasteiger partial charge on any atom is -0.444 e. The maximum Gasteiger partial charge on any atom is 0.410 e. The van der Waals surface area contributed by atoms with Gasteiger partial charge in [-0.2, -0.15) is 0 Å². The van der Waals surface area contributed by atoms with E-state index in [9.17, 15) is 4.79 Å². The fourth-order valence-corrected chi connectivity index (χ4v) is 2.24. The smallest absolute Gasteiger partial charge is 0.410 e. The Labute approximate surface area is 133 Å². The number of rotatable bonds is 6. The third kappa shape index (κ3) is 5.24. The lowest BCUT2D eigenvalue weighted by molar-refractivity contribution is 0.0245. The Morgan fingerprint density at radius 1 is 1.32 bits per heavy atom. The largest absolute Gasteiger partial charge is 0.444 e. The van der Waals surface area contributed by atoms with Crippen LogP contribution in [-0.2, 0) is 11.3 Å². The summed E-state index contributed by atoms with van der Waals surface area (Å²) in [4.78, 5) is 14.0. The second-order valence-electron chi connectivity index (χ2n) is 6.98. The molecule has 122 valence electrons. The Balaban J connectivity index is 2.01. The molecule has 0 spiro atoms. The van der Waals surface area contributed by atoms with Gasteiger partial charge in [-0.15, -0.1) is 0 Å². The molecule has 1 aliphatic carbocycles. The molecule has 1 aromatic rings. The quantitative estimate of drug-likeness (QED) is 0.853. The molecule has 2 rings (SSSR count). The fourth-order valence-electron chi connectivity index (χ4n) is 2.24. The Bertz CT molecular complexity index is 504. The summed E-state index contributed by atoms with van der Waals surface area (Å²) in [6.07, 6.45) is 2.40. The minimum absolute atomic E-state index is 0.257. The molecular weight excluding hydrogens is 276 g/mol. The molecule has 0 atom stereocenters. The van der Waals surface area contributed by atoms with Crippen molar-refractivity contribution in [3.63, 3.8) is 0 Å². The highest BCUT2D eigenvalue weighted by atomic mass is 16.6. The summed E-state index contributed by atoms with van der Waals surface area (Å²) in [5.41, 5.74) is 1.79.